The van der Waals surface area contributed by atoms with E-state index in [1.807, 2.05) is 6.07 Å². The summed E-state index contributed by atoms with van der Waals surface area (Å²) in [6, 6.07) is 4.13. The Morgan fingerprint density at radius 1 is 1.32 bits per heavy atom. The number of aryl methyl sites for hydroxylation is 1. The fourth-order valence-corrected chi connectivity index (χ4v) is 3.20. The van der Waals surface area contributed by atoms with Gasteiger partial charge in [-0.05, 0) is 56.8 Å². The van der Waals surface area contributed by atoms with Crippen molar-refractivity contribution in [1.82, 2.24) is 10.2 Å². The predicted molar refractivity (Wildman–Crippen MR) is 80.6 cm³/mol. The minimum Gasteiger partial charge on any atom is -0.356 e. The molecular formula is C15H24N2OS. The van der Waals surface area contributed by atoms with Crippen LogP contribution in [0.25, 0.3) is 0 Å². The van der Waals surface area contributed by atoms with Crippen molar-refractivity contribution in [2.24, 2.45) is 0 Å². The zero-order valence-corrected chi connectivity index (χ0v) is 12.4. The van der Waals surface area contributed by atoms with Gasteiger partial charge in [-0.25, -0.2) is 0 Å². The van der Waals surface area contributed by atoms with Gasteiger partial charge in [0.25, 0.3) is 0 Å². The molecule has 4 heteroatoms. The van der Waals surface area contributed by atoms with Gasteiger partial charge in [0.1, 0.15) is 0 Å². The first-order valence-corrected chi connectivity index (χ1v) is 8.24. The maximum atomic E-state index is 11.7. The smallest absolute Gasteiger partial charge is 0.220 e. The van der Waals surface area contributed by atoms with Crippen molar-refractivity contribution in [2.45, 2.75) is 38.5 Å². The first-order chi connectivity index (χ1) is 9.34. The Morgan fingerprint density at radius 2 is 2.16 bits per heavy atom. The highest BCUT2D eigenvalue weighted by Gasteiger charge is 2.09. The zero-order valence-electron chi connectivity index (χ0n) is 11.6. The van der Waals surface area contributed by atoms with Crippen LogP contribution in [0, 0.1) is 0 Å². The second kappa shape index (κ2) is 8.33. The highest BCUT2D eigenvalue weighted by Crippen LogP contribution is 2.10. The van der Waals surface area contributed by atoms with E-state index in [0.717, 1.165) is 25.9 Å². The monoisotopic (exact) mass is 280 g/mol. The van der Waals surface area contributed by atoms with Gasteiger partial charge in [0.05, 0.1) is 0 Å². The number of hydrogen-bond acceptors (Lipinski definition) is 3. The summed E-state index contributed by atoms with van der Waals surface area (Å²) in [7, 11) is 0. The van der Waals surface area contributed by atoms with Crippen molar-refractivity contribution in [2.75, 3.05) is 26.2 Å². The molecule has 0 unspecified atom stereocenters. The maximum absolute atomic E-state index is 11.7. The highest BCUT2D eigenvalue weighted by atomic mass is 32.1. The fraction of sp³-hybridized carbons (Fsp3) is 0.667. The molecule has 1 N–H and O–H groups in total. The summed E-state index contributed by atoms with van der Waals surface area (Å²) in [5.41, 5.74) is 0. The van der Waals surface area contributed by atoms with Crippen molar-refractivity contribution >= 4 is 17.2 Å². The van der Waals surface area contributed by atoms with Crippen LogP contribution in [0.15, 0.2) is 17.5 Å². The Labute approximate surface area is 120 Å². The highest BCUT2D eigenvalue weighted by molar-refractivity contribution is 7.09. The Hall–Kier alpha value is -0.870. The molecule has 1 amide bonds. The number of nitrogens with one attached hydrogen (secondary N) is 1. The SMILES string of the molecule is O=C(CCc1cccs1)NCCCN1CCCCC1. The third kappa shape index (κ3) is 5.74. The largest absolute Gasteiger partial charge is 0.356 e. The lowest BCUT2D eigenvalue weighted by Crippen LogP contribution is -2.33. The average Bonchev–Trinajstić information content (AvgIpc) is 2.96. The van der Waals surface area contributed by atoms with Crippen LogP contribution in [0.2, 0.25) is 0 Å². The summed E-state index contributed by atoms with van der Waals surface area (Å²) in [5, 5.41) is 5.09. The van der Waals surface area contributed by atoms with E-state index < -0.39 is 0 Å². The molecule has 1 aromatic rings. The molecule has 0 saturated carbocycles. The fourth-order valence-electron chi connectivity index (χ4n) is 2.49. The molecule has 0 spiro atoms. The second-order valence-electron chi connectivity index (χ2n) is 5.19. The summed E-state index contributed by atoms with van der Waals surface area (Å²) in [4.78, 5) is 15.5. The number of carbonyl (C=O) groups excluding carboxylic acids is 1. The van der Waals surface area contributed by atoms with Crippen molar-refractivity contribution in [1.29, 1.82) is 0 Å². The Morgan fingerprint density at radius 3 is 2.89 bits per heavy atom. The number of hydrogen-bond donors (Lipinski definition) is 1. The molecule has 0 bridgehead atoms. The van der Waals surface area contributed by atoms with Crippen LogP contribution in [-0.2, 0) is 11.2 Å². The van der Waals surface area contributed by atoms with E-state index in [0.29, 0.717) is 6.42 Å². The quantitative estimate of drug-likeness (QED) is 0.779. The van der Waals surface area contributed by atoms with Gasteiger partial charge >= 0.3 is 0 Å². The molecule has 0 atom stereocenters. The van der Waals surface area contributed by atoms with Crippen molar-refractivity contribution < 1.29 is 4.79 Å². The van der Waals surface area contributed by atoms with Gasteiger partial charge in [0.2, 0.25) is 5.91 Å². The molecule has 3 nitrogen and oxygen atoms in total. The molecule has 0 aliphatic carbocycles. The maximum Gasteiger partial charge on any atom is 0.220 e. The number of thiophene rings is 1. The van der Waals surface area contributed by atoms with Crippen LogP contribution >= 0.6 is 11.3 Å². The molecule has 19 heavy (non-hydrogen) atoms. The van der Waals surface area contributed by atoms with Crippen LogP contribution < -0.4 is 5.32 Å². The zero-order chi connectivity index (χ0) is 13.3. The molecule has 106 valence electrons. The Bertz CT molecular complexity index is 358. The van der Waals surface area contributed by atoms with Gasteiger partial charge in [-0.2, -0.15) is 0 Å². The van der Waals surface area contributed by atoms with E-state index in [2.05, 4.69) is 21.7 Å². The molecule has 2 heterocycles. The van der Waals surface area contributed by atoms with Gasteiger partial charge < -0.3 is 10.2 Å². The van der Waals surface area contributed by atoms with Crippen LogP contribution in [0.1, 0.15) is 37.0 Å². The number of likely N-dealkylation sites (tertiary alicyclic amines) is 1. The van der Waals surface area contributed by atoms with E-state index in [-0.39, 0.29) is 5.91 Å². The van der Waals surface area contributed by atoms with Gasteiger partial charge in [-0.1, -0.05) is 12.5 Å². The second-order valence-corrected chi connectivity index (χ2v) is 6.22. The standard InChI is InChI=1S/C15H24N2OS/c18-15(8-7-14-6-4-13-19-14)16-9-5-12-17-10-2-1-3-11-17/h4,6,13H,1-3,5,7-12H2,(H,16,18). The summed E-state index contributed by atoms with van der Waals surface area (Å²) in [6.45, 7) is 4.43. The summed E-state index contributed by atoms with van der Waals surface area (Å²) < 4.78 is 0. The summed E-state index contributed by atoms with van der Waals surface area (Å²) >= 11 is 1.73. The van der Waals surface area contributed by atoms with Crippen LogP contribution in [0.4, 0.5) is 0 Å². The topological polar surface area (TPSA) is 32.3 Å². The molecule has 1 aliphatic heterocycles. The van der Waals surface area contributed by atoms with Gasteiger partial charge in [-0.15, -0.1) is 11.3 Å². The van der Waals surface area contributed by atoms with E-state index in [9.17, 15) is 4.79 Å². The van der Waals surface area contributed by atoms with Gasteiger partial charge in [-0.3, -0.25) is 4.79 Å². The number of nitrogens with zero attached hydrogens (tertiary/aromatic N) is 1. The first kappa shape index (κ1) is 14.5. The van der Waals surface area contributed by atoms with Gasteiger partial charge in [0.15, 0.2) is 0 Å². The molecule has 0 radical (unpaired) electrons. The molecule has 1 fully saturated rings. The lowest BCUT2D eigenvalue weighted by atomic mass is 10.1. The molecular weight excluding hydrogens is 256 g/mol. The van der Waals surface area contributed by atoms with Crippen molar-refractivity contribution in [3.05, 3.63) is 22.4 Å². The Balaban J connectivity index is 1.49. The van der Waals surface area contributed by atoms with E-state index in [4.69, 9.17) is 0 Å². The lowest BCUT2D eigenvalue weighted by molar-refractivity contribution is -0.121. The van der Waals surface area contributed by atoms with E-state index in [1.54, 1.807) is 11.3 Å². The molecule has 1 saturated heterocycles. The molecule has 1 aromatic heterocycles. The minimum absolute atomic E-state index is 0.187. The van der Waals surface area contributed by atoms with E-state index >= 15 is 0 Å². The van der Waals surface area contributed by atoms with Crippen molar-refractivity contribution in [3.8, 4) is 0 Å². The number of rotatable bonds is 7. The number of piperidine rings is 1. The minimum atomic E-state index is 0.187. The molecule has 1 aliphatic rings. The first-order valence-electron chi connectivity index (χ1n) is 7.36. The van der Waals surface area contributed by atoms with Crippen LogP contribution in [0.5, 0.6) is 0 Å². The summed E-state index contributed by atoms with van der Waals surface area (Å²) in [5.74, 6) is 0.187. The summed E-state index contributed by atoms with van der Waals surface area (Å²) in [6.07, 6.45) is 6.63. The average molecular weight is 280 g/mol. The third-order valence-electron chi connectivity index (χ3n) is 3.60. The van der Waals surface area contributed by atoms with Gasteiger partial charge in [0, 0.05) is 17.8 Å². The van der Waals surface area contributed by atoms with Crippen LogP contribution in [0.3, 0.4) is 0 Å². The third-order valence-corrected chi connectivity index (χ3v) is 4.54. The van der Waals surface area contributed by atoms with Crippen molar-refractivity contribution in [3.63, 3.8) is 0 Å². The number of carbonyl (C=O) groups is 1. The normalized spacial score (nSPS) is 16.4. The Kier molecular flexibility index (Phi) is 6.37. The number of amides is 1. The van der Waals surface area contributed by atoms with E-state index in [1.165, 1.54) is 37.2 Å². The lowest BCUT2D eigenvalue weighted by Gasteiger charge is -2.26. The molecule has 0 aromatic carbocycles. The predicted octanol–water partition coefficient (Wildman–Crippen LogP) is 2.67. The molecule has 2 rings (SSSR count). The van der Waals surface area contributed by atoms with Crippen LogP contribution in [-0.4, -0.2) is 37.0 Å².